The largest absolute Gasteiger partial charge is 0.486 e. The molecule has 0 unspecified atom stereocenters. The molecule has 0 bridgehead atoms. The summed E-state index contributed by atoms with van der Waals surface area (Å²) in [4.78, 5) is 17.2. The maximum atomic E-state index is 12.5. The molecule has 0 atom stereocenters. The van der Waals surface area contributed by atoms with Crippen molar-refractivity contribution in [2.45, 2.75) is 25.3 Å². The number of carbonyl (C=O) groups excluding carboxylic acids is 1. The summed E-state index contributed by atoms with van der Waals surface area (Å²) in [6.07, 6.45) is 2.56. The van der Waals surface area contributed by atoms with E-state index in [1.54, 1.807) is 6.07 Å². The Morgan fingerprint density at radius 2 is 1.83 bits per heavy atom. The molecule has 1 amide bonds. The van der Waals surface area contributed by atoms with E-state index in [4.69, 9.17) is 21.1 Å². The van der Waals surface area contributed by atoms with Crippen molar-refractivity contribution in [3.8, 4) is 11.5 Å². The van der Waals surface area contributed by atoms with Gasteiger partial charge in [-0.2, -0.15) is 0 Å². The van der Waals surface area contributed by atoms with Crippen molar-refractivity contribution in [2.75, 3.05) is 50.6 Å². The first-order valence-electron chi connectivity index (χ1n) is 10.4. The maximum absolute atomic E-state index is 12.5. The van der Waals surface area contributed by atoms with E-state index >= 15 is 0 Å². The highest BCUT2D eigenvalue weighted by molar-refractivity contribution is 6.32. The molecule has 160 valence electrons. The summed E-state index contributed by atoms with van der Waals surface area (Å²) in [6, 6.07) is 12.3. The van der Waals surface area contributed by atoms with Gasteiger partial charge in [0.15, 0.2) is 11.5 Å². The zero-order valence-corrected chi connectivity index (χ0v) is 18.2. The lowest BCUT2D eigenvalue weighted by Crippen LogP contribution is -2.41. The molecule has 1 fully saturated rings. The van der Waals surface area contributed by atoms with E-state index in [0.717, 1.165) is 24.3 Å². The number of nitrogens with zero attached hydrogens (tertiary/aromatic N) is 2. The molecule has 1 N–H and O–H groups in total. The molecule has 0 radical (unpaired) electrons. The average Bonchev–Trinajstić information content (AvgIpc) is 2.74. The number of halogens is 1. The van der Waals surface area contributed by atoms with Crippen LogP contribution in [-0.2, 0) is 11.2 Å². The van der Waals surface area contributed by atoms with E-state index in [0.29, 0.717) is 35.8 Å². The fraction of sp³-hybridized carbons (Fsp3) is 0.435. The number of rotatable bonds is 5. The number of hydrogen-bond acceptors (Lipinski definition) is 5. The molecule has 6 nitrogen and oxygen atoms in total. The van der Waals surface area contributed by atoms with Crippen molar-refractivity contribution in [2.24, 2.45) is 0 Å². The number of piperidine rings is 1. The second-order valence-electron chi connectivity index (χ2n) is 8.06. The van der Waals surface area contributed by atoms with Crippen LogP contribution in [0.3, 0.4) is 0 Å². The molecule has 7 heteroatoms. The Morgan fingerprint density at radius 3 is 2.53 bits per heavy atom. The van der Waals surface area contributed by atoms with Crippen molar-refractivity contribution < 1.29 is 14.3 Å². The van der Waals surface area contributed by atoms with E-state index in [2.05, 4.69) is 41.3 Å². The minimum absolute atomic E-state index is 0.0951. The molecule has 2 aliphatic heterocycles. The Kier molecular flexibility index (Phi) is 6.35. The molecule has 2 heterocycles. The van der Waals surface area contributed by atoms with Gasteiger partial charge in [0.2, 0.25) is 5.91 Å². The van der Waals surface area contributed by atoms with Crippen LogP contribution in [0.1, 0.15) is 18.4 Å². The molecule has 2 aliphatic rings. The molecule has 4 rings (SSSR count). The number of hydrogen-bond donors (Lipinski definition) is 1. The number of ether oxygens (including phenoxy) is 2. The zero-order chi connectivity index (χ0) is 21.1. The first-order valence-corrected chi connectivity index (χ1v) is 10.8. The van der Waals surface area contributed by atoms with Crippen molar-refractivity contribution in [1.29, 1.82) is 0 Å². The fourth-order valence-corrected chi connectivity index (χ4v) is 4.34. The third kappa shape index (κ3) is 4.82. The number of nitrogens with one attached hydrogen (secondary N) is 1. The van der Waals surface area contributed by atoms with Crippen LogP contribution in [0.15, 0.2) is 36.4 Å². The van der Waals surface area contributed by atoms with Gasteiger partial charge in [-0.05, 0) is 68.9 Å². The summed E-state index contributed by atoms with van der Waals surface area (Å²) in [5, 5.41) is 3.43. The molecular formula is C23H28ClN3O3. The second kappa shape index (κ2) is 9.14. The highest BCUT2D eigenvalue weighted by atomic mass is 35.5. The Hall–Kier alpha value is -2.44. The van der Waals surface area contributed by atoms with Crippen LogP contribution >= 0.6 is 11.6 Å². The fourth-order valence-electron chi connectivity index (χ4n) is 4.05. The van der Waals surface area contributed by atoms with Gasteiger partial charge in [-0.25, -0.2) is 0 Å². The summed E-state index contributed by atoms with van der Waals surface area (Å²) in [5.74, 6) is 1.05. The molecule has 0 saturated carbocycles. The number of amides is 1. The van der Waals surface area contributed by atoms with E-state index < -0.39 is 0 Å². The summed E-state index contributed by atoms with van der Waals surface area (Å²) < 4.78 is 11.1. The zero-order valence-electron chi connectivity index (χ0n) is 17.5. The summed E-state index contributed by atoms with van der Waals surface area (Å²) >= 11 is 6.26. The Bertz CT molecular complexity index is 893. The monoisotopic (exact) mass is 429 g/mol. The SMILES string of the molecule is CN(C)C1CCN(c2ccc(NC(=O)Cc3cc(Cl)c4c(c3)OCCO4)cc2)CC1. The molecule has 2 aromatic carbocycles. The smallest absolute Gasteiger partial charge is 0.228 e. The van der Waals surface area contributed by atoms with E-state index in [-0.39, 0.29) is 12.3 Å². The minimum Gasteiger partial charge on any atom is -0.486 e. The summed E-state index contributed by atoms with van der Waals surface area (Å²) in [5.41, 5.74) is 2.78. The molecule has 0 aliphatic carbocycles. The average molecular weight is 430 g/mol. The number of fused-ring (bicyclic) bond motifs is 1. The van der Waals surface area contributed by atoms with Crippen LogP contribution in [-0.4, -0.2) is 57.2 Å². The summed E-state index contributed by atoms with van der Waals surface area (Å²) in [6.45, 7) is 3.08. The molecule has 0 aromatic heterocycles. The van der Waals surface area contributed by atoms with Crippen molar-refractivity contribution in [3.63, 3.8) is 0 Å². The van der Waals surface area contributed by atoms with Crippen molar-refractivity contribution in [1.82, 2.24) is 4.90 Å². The van der Waals surface area contributed by atoms with Gasteiger partial charge in [0.25, 0.3) is 0 Å². The van der Waals surface area contributed by atoms with Gasteiger partial charge in [0, 0.05) is 30.5 Å². The standard InChI is InChI=1S/C23H28ClN3O3/c1-26(2)18-7-9-27(10-8-18)19-5-3-17(4-6-19)25-22(28)15-16-13-20(24)23-21(14-16)29-11-12-30-23/h3-6,13-14,18H,7-12,15H2,1-2H3,(H,25,28). The van der Waals surface area contributed by atoms with Crippen LogP contribution in [0.2, 0.25) is 5.02 Å². The Labute approximate surface area is 182 Å². The van der Waals surface area contributed by atoms with Gasteiger partial charge in [0.05, 0.1) is 11.4 Å². The molecule has 2 aromatic rings. The quantitative estimate of drug-likeness (QED) is 0.783. The minimum atomic E-state index is -0.0951. The lowest BCUT2D eigenvalue weighted by Gasteiger charge is -2.36. The molecule has 1 saturated heterocycles. The Balaban J connectivity index is 1.34. The van der Waals surface area contributed by atoms with Crippen LogP contribution in [0.4, 0.5) is 11.4 Å². The molecular weight excluding hydrogens is 402 g/mol. The van der Waals surface area contributed by atoms with Crippen LogP contribution in [0.5, 0.6) is 11.5 Å². The van der Waals surface area contributed by atoms with Gasteiger partial charge in [-0.1, -0.05) is 11.6 Å². The lowest BCUT2D eigenvalue weighted by molar-refractivity contribution is -0.115. The van der Waals surface area contributed by atoms with Gasteiger partial charge < -0.3 is 24.6 Å². The first kappa shape index (κ1) is 20.8. The predicted molar refractivity (Wildman–Crippen MR) is 120 cm³/mol. The lowest BCUT2D eigenvalue weighted by atomic mass is 10.0. The van der Waals surface area contributed by atoms with Crippen LogP contribution < -0.4 is 19.7 Å². The highest BCUT2D eigenvalue weighted by Crippen LogP contribution is 2.38. The van der Waals surface area contributed by atoms with Crippen molar-refractivity contribution >= 4 is 28.9 Å². The normalized spacial score (nSPS) is 16.6. The highest BCUT2D eigenvalue weighted by Gasteiger charge is 2.21. The van der Waals surface area contributed by atoms with E-state index in [9.17, 15) is 4.79 Å². The Morgan fingerprint density at radius 1 is 1.13 bits per heavy atom. The third-order valence-electron chi connectivity index (χ3n) is 5.73. The number of anilines is 2. The first-order chi connectivity index (χ1) is 14.5. The van der Waals surface area contributed by atoms with Gasteiger partial charge in [0.1, 0.15) is 13.2 Å². The maximum Gasteiger partial charge on any atom is 0.228 e. The van der Waals surface area contributed by atoms with E-state index in [1.165, 1.54) is 18.5 Å². The molecule has 0 spiro atoms. The predicted octanol–water partition coefficient (Wildman–Crippen LogP) is 3.82. The summed E-state index contributed by atoms with van der Waals surface area (Å²) in [7, 11) is 4.30. The van der Waals surface area contributed by atoms with Crippen LogP contribution in [0.25, 0.3) is 0 Å². The van der Waals surface area contributed by atoms with E-state index in [1.807, 2.05) is 18.2 Å². The number of carbonyl (C=O) groups is 1. The second-order valence-corrected chi connectivity index (χ2v) is 8.46. The van der Waals surface area contributed by atoms with Gasteiger partial charge in [-0.3, -0.25) is 4.79 Å². The topological polar surface area (TPSA) is 54.0 Å². The van der Waals surface area contributed by atoms with Crippen LogP contribution in [0, 0.1) is 0 Å². The van der Waals surface area contributed by atoms with Gasteiger partial charge >= 0.3 is 0 Å². The third-order valence-corrected chi connectivity index (χ3v) is 6.01. The number of benzene rings is 2. The van der Waals surface area contributed by atoms with Crippen molar-refractivity contribution in [3.05, 3.63) is 47.0 Å². The molecule has 30 heavy (non-hydrogen) atoms. The van der Waals surface area contributed by atoms with Gasteiger partial charge in [-0.15, -0.1) is 0 Å².